The summed E-state index contributed by atoms with van der Waals surface area (Å²) in [5.41, 5.74) is 0.755. The summed E-state index contributed by atoms with van der Waals surface area (Å²) < 4.78 is 5.73. The highest BCUT2D eigenvalue weighted by molar-refractivity contribution is 9.10. The number of anilines is 1. The second-order valence-electron chi connectivity index (χ2n) is 3.80. The van der Waals surface area contributed by atoms with Crippen LogP contribution in [0.25, 0.3) is 0 Å². The molecule has 0 radical (unpaired) electrons. The van der Waals surface area contributed by atoms with Gasteiger partial charge >= 0.3 is 0 Å². The van der Waals surface area contributed by atoms with Crippen molar-refractivity contribution in [3.63, 3.8) is 0 Å². The van der Waals surface area contributed by atoms with Crippen LogP contribution >= 0.6 is 15.9 Å². The molecular formula is C12H11BrN2O4. The number of nitro groups is 1. The lowest BCUT2D eigenvalue weighted by atomic mass is 10.3. The second kappa shape index (κ2) is 5.85. The van der Waals surface area contributed by atoms with E-state index in [0.29, 0.717) is 22.5 Å². The van der Waals surface area contributed by atoms with Gasteiger partial charge in [0.15, 0.2) is 0 Å². The van der Waals surface area contributed by atoms with Crippen LogP contribution in [-0.4, -0.2) is 10.0 Å². The number of aliphatic hydroxyl groups excluding tert-OH is 1. The van der Waals surface area contributed by atoms with Crippen LogP contribution in [-0.2, 0) is 13.2 Å². The van der Waals surface area contributed by atoms with Crippen LogP contribution in [0.5, 0.6) is 0 Å². The lowest BCUT2D eigenvalue weighted by molar-refractivity contribution is -0.385. The molecule has 0 bridgehead atoms. The number of nitro benzene ring substituents is 1. The Bertz CT molecular complexity index is 597. The summed E-state index contributed by atoms with van der Waals surface area (Å²) in [6.07, 6.45) is 0. The Kier molecular flexibility index (Phi) is 4.18. The minimum absolute atomic E-state index is 0.0196. The summed E-state index contributed by atoms with van der Waals surface area (Å²) in [4.78, 5) is 10.2. The van der Waals surface area contributed by atoms with Gasteiger partial charge < -0.3 is 14.8 Å². The standard InChI is InChI=1S/C12H11BrN2O4/c13-11-5-8(1-4-12(11)15(17)18)14-6-9-2-3-10(7-16)19-9/h1-5,14,16H,6-7H2. The molecule has 1 aromatic heterocycles. The largest absolute Gasteiger partial charge is 0.462 e. The first kappa shape index (κ1) is 13.6. The van der Waals surface area contributed by atoms with Crippen LogP contribution in [0.1, 0.15) is 11.5 Å². The van der Waals surface area contributed by atoms with Crippen molar-refractivity contribution < 1.29 is 14.4 Å². The normalized spacial score (nSPS) is 10.4. The maximum Gasteiger partial charge on any atom is 0.283 e. The van der Waals surface area contributed by atoms with Gasteiger partial charge in [-0.2, -0.15) is 0 Å². The number of benzene rings is 1. The molecule has 0 aliphatic heterocycles. The van der Waals surface area contributed by atoms with E-state index in [2.05, 4.69) is 21.2 Å². The molecule has 2 N–H and O–H groups in total. The minimum atomic E-state index is -0.450. The fourth-order valence-electron chi connectivity index (χ4n) is 1.56. The number of hydrogen-bond acceptors (Lipinski definition) is 5. The Labute approximate surface area is 117 Å². The fourth-order valence-corrected chi connectivity index (χ4v) is 2.08. The lowest BCUT2D eigenvalue weighted by Gasteiger charge is -2.05. The first-order chi connectivity index (χ1) is 9.10. The zero-order chi connectivity index (χ0) is 13.8. The third-order valence-electron chi connectivity index (χ3n) is 2.48. The van der Waals surface area contributed by atoms with Crippen molar-refractivity contribution >= 4 is 27.3 Å². The Balaban J connectivity index is 2.03. The molecule has 0 saturated carbocycles. The van der Waals surface area contributed by atoms with E-state index >= 15 is 0 Å². The van der Waals surface area contributed by atoms with E-state index in [4.69, 9.17) is 9.52 Å². The molecule has 19 heavy (non-hydrogen) atoms. The van der Waals surface area contributed by atoms with Crippen LogP contribution in [0, 0.1) is 10.1 Å². The third-order valence-corrected chi connectivity index (χ3v) is 3.12. The quantitative estimate of drug-likeness (QED) is 0.651. The van der Waals surface area contributed by atoms with E-state index in [-0.39, 0.29) is 12.3 Å². The first-order valence-corrected chi connectivity index (χ1v) is 6.25. The van der Waals surface area contributed by atoms with E-state index < -0.39 is 4.92 Å². The van der Waals surface area contributed by atoms with Crippen molar-refractivity contribution in [1.82, 2.24) is 0 Å². The molecule has 1 aromatic carbocycles. The maximum absolute atomic E-state index is 10.7. The molecule has 0 spiro atoms. The molecule has 0 unspecified atom stereocenters. The highest BCUT2D eigenvalue weighted by atomic mass is 79.9. The molecule has 2 rings (SSSR count). The van der Waals surface area contributed by atoms with E-state index in [0.717, 1.165) is 5.69 Å². The Morgan fingerprint density at radius 3 is 2.63 bits per heavy atom. The zero-order valence-electron chi connectivity index (χ0n) is 9.80. The summed E-state index contributed by atoms with van der Waals surface area (Å²) in [5, 5.41) is 22.6. The zero-order valence-corrected chi connectivity index (χ0v) is 11.4. The van der Waals surface area contributed by atoms with Gasteiger partial charge in [0.1, 0.15) is 18.1 Å². The van der Waals surface area contributed by atoms with Gasteiger partial charge in [0.2, 0.25) is 0 Å². The van der Waals surface area contributed by atoms with Crippen molar-refractivity contribution in [3.05, 3.63) is 56.4 Å². The van der Waals surface area contributed by atoms with Gasteiger partial charge in [0.25, 0.3) is 5.69 Å². The van der Waals surface area contributed by atoms with Crippen molar-refractivity contribution in [2.24, 2.45) is 0 Å². The van der Waals surface area contributed by atoms with Gasteiger partial charge in [-0.1, -0.05) is 0 Å². The van der Waals surface area contributed by atoms with Crippen LogP contribution in [0.2, 0.25) is 0 Å². The van der Waals surface area contributed by atoms with Crippen molar-refractivity contribution in [2.75, 3.05) is 5.32 Å². The predicted octanol–water partition coefficient (Wildman–Crippen LogP) is 3.05. The molecule has 0 fully saturated rings. The number of rotatable bonds is 5. The highest BCUT2D eigenvalue weighted by Crippen LogP contribution is 2.27. The van der Waals surface area contributed by atoms with Gasteiger partial charge in [0.05, 0.1) is 15.9 Å². The number of nitrogens with zero attached hydrogens (tertiary/aromatic N) is 1. The van der Waals surface area contributed by atoms with Crippen LogP contribution < -0.4 is 5.32 Å². The SMILES string of the molecule is O=[N+]([O-])c1ccc(NCc2ccc(CO)o2)cc1Br. The molecule has 6 nitrogen and oxygen atoms in total. The number of furan rings is 1. The van der Waals surface area contributed by atoms with E-state index in [1.807, 2.05) is 0 Å². The molecule has 7 heteroatoms. The third kappa shape index (κ3) is 3.33. The Morgan fingerprint density at radius 2 is 2.05 bits per heavy atom. The maximum atomic E-state index is 10.7. The number of hydrogen-bond donors (Lipinski definition) is 2. The number of aliphatic hydroxyl groups is 1. The van der Waals surface area contributed by atoms with E-state index in [1.54, 1.807) is 24.3 Å². The fraction of sp³-hybridized carbons (Fsp3) is 0.167. The van der Waals surface area contributed by atoms with E-state index in [9.17, 15) is 10.1 Å². The van der Waals surface area contributed by atoms with Crippen LogP contribution in [0.15, 0.2) is 39.2 Å². The predicted molar refractivity (Wildman–Crippen MR) is 72.8 cm³/mol. The summed E-state index contributed by atoms with van der Waals surface area (Å²) in [6, 6.07) is 8.14. The first-order valence-electron chi connectivity index (χ1n) is 5.46. The van der Waals surface area contributed by atoms with E-state index in [1.165, 1.54) is 6.07 Å². The minimum Gasteiger partial charge on any atom is -0.462 e. The molecule has 2 aromatic rings. The van der Waals surface area contributed by atoms with Crippen LogP contribution in [0.4, 0.5) is 11.4 Å². The molecule has 1 heterocycles. The van der Waals surface area contributed by atoms with Crippen LogP contribution in [0.3, 0.4) is 0 Å². The van der Waals surface area contributed by atoms with Gasteiger partial charge in [-0.15, -0.1) is 0 Å². The topological polar surface area (TPSA) is 88.5 Å². The summed E-state index contributed by atoms with van der Waals surface area (Å²) in [7, 11) is 0. The van der Waals surface area contributed by atoms with Gasteiger partial charge in [-0.05, 0) is 40.2 Å². The molecule has 0 amide bonds. The summed E-state index contributed by atoms with van der Waals surface area (Å²) in [6.45, 7) is 0.299. The van der Waals surface area contributed by atoms with Crippen molar-refractivity contribution in [2.45, 2.75) is 13.2 Å². The molecule has 100 valence electrons. The molecule has 0 aliphatic rings. The Morgan fingerprint density at radius 1 is 1.32 bits per heavy atom. The summed E-state index contributed by atoms with van der Waals surface area (Å²) >= 11 is 3.15. The van der Waals surface area contributed by atoms with Crippen molar-refractivity contribution in [1.29, 1.82) is 0 Å². The Hall–Kier alpha value is -1.86. The van der Waals surface area contributed by atoms with Gasteiger partial charge in [0, 0.05) is 11.8 Å². The average molecular weight is 327 g/mol. The molecule has 0 aliphatic carbocycles. The molecule has 0 atom stereocenters. The number of halogens is 1. The highest BCUT2D eigenvalue weighted by Gasteiger charge is 2.11. The average Bonchev–Trinajstić information content (AvgIpc) is 2.84. The smallest absolute Gasteiger partial charge is 0.283 e. The van der Waals surface area contributed by atoms with Gasteiger partial charge in [-0.25, -0.2) is 0 Å². The van der Waals surface area contributed by atoms with Gasteiger partial charge in [-0.3, -0.25) is 10.1 Å². The van der Waals surface area contributed by atoms with Crippen molar-refractivity contribution in [3.8, 4) is 0 Å². The molecule has 0 saturated heterocycles. The number of nitrogens with one attached hydrogen (secondary N) is 1. The second-order valence-corrected chi connectivity index (χ2v) is 4.66. The summed E-state index contributed by atoms with van der Waals surface area (Å²) in [5.74, 6) is 1.18. The molecular weight excluding hydrogens is 316 g/mol. The lowest BCUT2D eigenvalue weighted by Crippen LogP contribution is -1.99. The monoisotopic (exact) mass is 326 g/mol.